The molecule has 0 saturated carbocycles. The number of carbonyl (C=O) groups excluding carboxylic acids is 2. The van der Waals surface area contributed by atoms with Gasteiger partial charge in [0.25, 0.3) is 0 Å². The summed E-state index contributed by atoms with van der Waals surface area (Å²) in [6.45, 7) is 2.14. The van der Waals surface area contributed by atoms with Gasteiger partial charge in [-0.15, -0.1) is 0 Å². The molecule has 138 valence electrons. The van der Waals surface area contributed by atoms with Crippen molar-refractivity contribution in [1.82, 2.24) is 9.62 Å². The molecule has 1 aromatic rings. The number of hydrogen-bond donors (Lipinski definition) is 3. The van der Waals surface area contributed by atoms with Crippen LogP contribution in [0.15, 0.2) is 24.3 Å². The van der Waals surface area contributed by atoms with E-state index in [1.165, 1.54) is 6.26 Å². The smallest absolute Gasteiger partial charge is 0.248 e. The summed E-state index contributed by atoms with van der Waals surface area (Å²) in [5.41, 5.74) is 6.18. The number of primary amides is 1. The Kier molecular flexibility index (Phi) is 6.51. The zero-order chi connectivity index (χ0) is 18.4. The number of benzene rings is 1. The minimum absolute atomic E-state index is 0.0242. The number of nitrogens with two attached hydrogens (primary N) is 1. The van der Waals surface area contributed by atoms with Crippen LogP contribution < -0.4 is 15.8 Å². The number of carbonyl (C=O) groups is 2. The second-order valence-corrected chi connectivity index (χ2v) is 8.03. The molecule has 0 aliphatic carbocycles. The van der Waals surface area contributed by atoms with Gasteiger partial charge < -0.3 is 16.0 Å². The molecule has 1 aliphatic rings. The Labute approximate surface area is 147 Å². The SMILES string of the molecule is CS(=O)(=O)NC1CCN(CCC(=O)Nc2ccc(C(N)=O)cc2)CC1. The van der Waals surface area contributed by atoms with Gasteiger partial charge in [0.2, 0.25) is 21.8 Å². The second-order valence-electron chi connectivity index (χ2n) is 6.25. The fraction of sp³-hybridized carbons (Fsp3) is 0.500. The van der Waals surface area contributed by atoms with E-state index in [-0.39, 0.29) is 11.9 Å². The number of hydrogen-bond acceptors (Lipinski definition) is 5. The number of sulfonamides is 1. The lowest BCUT2D eigenvalue weighted by molar-refractivity contribution is -0.116. The van der Waals surface area contributed by atoms with Crippen LogP contribution in [0.1, 0.15) is 29.6 Å². The molecule has 0 atom stereocenters. The fourth-order valence-electron chi connectivity index (χ4n) is 2.78. The van der Waals surface area contributed by atoms with Crippen molar-refractivity contribution in [1.29, 1.82) is 0 Å². The first-order valence-electron chi connectivity index (χ1n) is 8.12. The summed E-state index contributed by atoms with van der Waals surface area (Å²) in [6, 6.07) is 6.39. The lowest BCUT2D eigenvalue weighted by Gasteiger charge is -2.31. The van der Waals surface area contributed by atoms with Gasteiger partial charge in [-0.05, 0) is 50.2 Å². The van der Waals surface area contributed by atoms with Gasteiger partial charge in [-0.25, -0.2) is 13.1 Å². The number of anilines is 1. The zero-order valence-electron chi connectivity index (χ0n) is 14.2. The first-order chi connectivity index (χ1) is 11.7. The number of nitrogens with zero attached hydrogens (tertiary/aromatic N) is 1. The van der Waals surface area contributed by atoms with Crippen molar-refractivity contribution in [2.75, 3.05) is 31.2 Å². The quantitative estimate of drug-likeness (QED) is 0.631. The molecule has 4 N–H and O–H groups in total. The van der Waals surface area contributed by atoms with Crippen LogP contribution in [-0.4, -0.2) is 57.1 Å². The Morgan fingerprint density at radius 3 is 2.32 bits per heavy atom. The van der Waals surface area contributed by atoms with Crippen molar-refractivity contribution < 1.29 is 18.0 Å². The van der Waals surface area contributed by atoms with Crippen molar-refractivity contribution in [2.45, 2.75) is 25.3 Å². The van der Waals surface area contributed by atoms with Crippen molar-refractivity contribution in [3.63, 3.8) is 0 Å². The van der Waals surface area contributed by atoms with Gasteiger partial charge in [-0.3, -0.25) is 9.59 Å². The van der Waals surface area contributed by atoms with Crippen LogP contribution >= 0.6 is 0 Å². The van der Waals surface area contributed by atoms with Crippen LogP contribution in [0.2, 0.25) is 0 Å². The third kappa shape index (κ3) is 6.81. The molecule has 0 spiro atoms. The molecule has 1 heterocycles. The van der Waals surface area contributed by atoms with Crippen molar-refractivity contribution >= 4 is 27.5 Å². The average Bonchev–Trinajstić information content (AvgIpc) is 2.53. The van der Waals surface area contributed by atoms with E-state index in [4.69, 9.17) is 5.73 Å². The van der Waals surface area contributed by atoms with E-state index >= 15 is 0 Å². The molecule has 2 amide bonds. The number of amides is 2. The van der Waals surface area contributed by atoms with Gasteiger partial charge in [0, 0.05) is 30.3 Å². The van der Waals surface area contributed by atoms with Crippen LogP contribution in [0.5, 0.6) is 0 Å². The largest absolute Gasteiger partial charge is 0.366 e. The monoisotopic (exact) mass is 368 g/mol. The van der Waals surface area contributed by atoms with Crippen molar-refractivity contribution in [2.24, 2.45) is 5.73 Å². The maximum absolute atomic E-state index is 12.0. The summed E-state index contributed by atoms with van der Waals surface area (Å²) in [7, 11) is -3.17. The van der Waals surface area contributed by atoms with E-state index in [0.717, 1.165) is 25.9 Å². The Bertz CT molecular complexity index is 710. The molecule has 1 aliphatic heterocycles. The van der Waals surface area contributed by atoms with Crippen LogP contribution in [0, 0.1) is 0 Å². The van der Waals surface area contributed by atoms with E-state index < -0.39 is 15.9 Å². The highest BCUT2D eigenvalue weighted by Gasteiger charge is 2.21. The molecule has 1 fully saturated rings. The number of likely N-dealkylation sites (tertiary alicyclic amines) is 1. The molecule has 1 aromatic carbocycles. The lowest BCUT2D eigenvalue weighted by Crippen LogP contribution is -2.44. The van der Waals surface area contributed by atoms with Gasteiger partial charge in [-0.1, -0.05) is 0 Å². The normalized spacial score (nSPS) is 16.5. The van der Waals surface area contributed by atoms with E-state index in [1.54, 1.807) is 24.3 Å². The summed E-state index contributed by atoms with van der Waals surface area (Å²) in [6.07, 6.45) is 2.99. The Balaban J connectivity index is 1.71. The first-order valence-corrected chi connectivity index (χ1v) is 10.0. The van der Waals surface area contributed by atoms with Gasteiger partial charge >= 0.3 is 0 Å². The molecule has 0 aromatic heterocycles. The highest BCUT2D eigenvalue weighted by molar-refractivity contribution is 7.88. The molecule has 25 heavy (non-hydrogen) atoms. The second kappa shape index (κ2) is 8.41. The molecule has 0 radical (unpaired) electrons. The van der Waals surface area contributed by atoms with Crippen LogP contribution in [0.3, 0.4) is 0 Å². The number of piperidine rings is 1. The minimum atomic E-state index is -3.17. The van der Waals surface area contributed by atoms with E-state index in [0.29, 0.717) is 24.2 Å². The van der Waals surface area contributed by atoms with Crippen LogP contribution in [-0.2, 0) is 14.8 Å². The molecule has 1 saturated heterocycles. The lowest BCUT2D eigenvalue weighted by atomic mass is 10.1. The summed E-state index contributed by atoms with van der Waals surface area (Å²) < 4.78 is 25.1. The minimum Gasteiger partial charge on any atom is -0.366 e. The third-order valence-corrected chi connectivity index (χ3v) is 4.84. The van der Waals surface area contributed by atoms with Crippen LogP contribution in [0.4, 0.5) is 5.69 Å². The predicted octanol–water partition coefficient (Wildman–Crippen LogP) is 0.128. The highest BCUT2D eigenvalue weighted by atomic mass is 32.2. The van der Waals surface area contributed by atoms with Gasteiger partial charge in [0.1, 0.15) is 0 Å². The molecule has 0 unspecified atom stereocenters. The van der Waals surface area contributed by atoms with Crippen molar-refractivity contribution in [3.8, 4) is 0 Å². The fourth-order valence-corrected chi connectivity index (χ4v) is 3.62. The third-order valence-electron chi connectivity index (χ3n) is 4.08. The summed E-state index contributed by atoms with van der Waals surface area (Å²) in [4.78, 5) is 25.2. The Hall–Kier alpha value is -1.97. The molecule has 8 nitrogen and oxygen atoms in total. The predicted molar refractivity (Wildman–Crippen MR) is 95.6 cm³/mol. The Morgan fingerprint density at radius 2 is 1.80 bits per heavy atom. The standard InChI is InChI=1S/C16H24N4O4S/c1-25(23,24)19-14-6-9-20(10-7-14)11-8-15(21)18-13-4-2-12(3-5-13)16(17)22/h2-5,14,19H,6-11H2,1H3,(H2,17,22)(H,18,21). The summed E-state index contributed by atoms with van der Waals surface area (Å²) in [5.74, 6) is -0.616. The average molecular weight is 368 g/mol. The molecule has 2 rings (SSSR count). The van der Waals surface area contributed by atoms with Gasteiger partial charge in [0.05, 0.1) is 6.26 Å². The summed E-state index contributed by atoms with van der Waals surface area (Å²) in [5, 5.41) is 2.78. The van der Waals surface area contributed by atoms with Gasteiger partial charge in [0.15, 0.2) is 0 Å². The Morgan fingerprint density at radius 1 is 1.20 bits per heavy atom. The van der Waals surface area contributed by atoms with E-state index in [2.05, 4.69) is 14.9 Å². The van der Waals surface area contributed by atoms with E-state index in [9.17, 15) is 18.0 Å². The molecular weight excluding hydrogens is 344 g/mol. The first kappa shape index (κ1) is 19.4. The number of rotatable bonds is 7. The molecule has 0 bridgehead atoms. The maximum Gasteiger partial charge on any atom is 0.248 e. The molecule has 9 heteroatoms. The van der Waals surface area contributed by atoms with Crippen molar-refractivity contribution in [3.05, 3.63) is 29.8 Å². The van der Waals surface area contributed by atoms with E-state index in [1.807, 2.05) is 0 Å². The van der Waals surface area contributed by atoms with Gasteiger partial charge in [-0.2, -0.15) is 0 Å². The highest BCUT2D eigenvalue weighted by Crippen LogP contribution is 2.13. The van der Waals surface area contributed by atoms with Crippen LogP contribution in [0.25, 0.3) is 0 Å². The maximum atomic E-state index is 12.0. The zero-order valence-corrected chi connectivity index (χ0v) is 15.0. The number of nitrogens with one attached hydrogen (secondary N) is 2. The summed E-state index contributed by atoms with van der Waals surface area (Å²) >= 11 is 0. The topological polar surface area (TPSA) is 122 Å². The molecular formula is C16H24N4O4S.